The zero-order valence-corrected chi connectivity index (χ0v) is 9.76. The van der Waals surface area contributed by atoms with Gasteiger partial charge in [-0.25, -0.2) is 4.67 Å². The fourth-order valence-corrected chi connectivity index (χ4v) is 3.06. The molecule has 5 heteroatoms. The van der Waals surface area contributed by atoms with E-state index in [4.69, 9.17) is 4.52 Å². The van der Waals surface area contributed by atoms with Crippen LogP contribution < -0.4 is 0 Å². The van der Waals surface area contributed by atoms with Crippen molar-refractivity contribution < 1.29 is 13.9 Å². The molecule has 1 saturated heterocycles. The molecule has 0 radical (unpaired) electrons. The standard InChI is InChI=1S/C9H18NO3P/c1-3-8-13-14(2,12)10-6-4-9(11)5-7-10/h3-8H2,1-2H3. The molecule has 1 unspecified atom stereocenters. The maximum absolute atomic E-state index is 12.0. The van der Waals surface area contributed by atoms with Gasteiger partial charge in [0.1, 0.15) is 5.78 Å². The highest BCUT2D eigenvalue weighted by molar-refractivity contribution is 7.55. The third-order valence-electron chi connectivity index (χ3n) is 2.35. The Hall–Kier alpha value is -0.180. The van der Waals surface area contributed by atoms with Gasteiger partial charge in [-0.1, -0.05) is 6.92 Å². The minimum absolute atomic E-state index is 0.261. The van der Waals surface area contributed by atoms with E-state index in [1.54, 1.807) is 6.66 Å². The lowest BCUT2D eigenvalue weighted by molar-refractivity contribution is -0.120. The molecule has 0 aliphatic carbocycles. The molecule has 4 nitrogen and oxygen atoms in total. The molecule has 82 valence electrons. The van der Waals surface area contributed by atoms with Crippen LogP contribution in [0.5, 0.6) is 0 Å². The van der Waals surface area contributed by atoms with Gasteiger partial charge in [0, 0.05) is 32.6 Å². The number of carbonyl (C=O) groups is 1. The number of nitrogens with zero attached hydrogens (tertiary/aromatic N) is 1. The monoisotopic (exact) mass is 219 g/mol. The van der Waals surface area contributed by atoms with E-state index in [1.165, 1.54) is 0 Å². The van der Waals surface area contributed by atoms with Gasteiger partial charge in [-0.2, -0.15) is 0 Å². The second-order valence-electron chi connectivity index (χ2n) is 3.63. The topological polar surface area (TPSA) is 46.6 Å². The zero-order chi connectivity index (χ0) is 10.6. The number of rotatable bonds is 4. The van der Waals surface area contributed by atoms with Gasteiger partial charge in [-0.3, -0.25) is 9.36 Å². The van der Waals surface area contributed by atoms with Gasteiger partial charge >= 0.3 is 0 Å². The zero-order valence-electron chi connectivity index (χ0n) is 8.86. The van der Waals surface area contributed by atoms with Crippen LogP contribution in [0, 0.1) is 0 Å². The number of Topliss-reactive ketones (excluding diaryl/α,β-unsaturated/α-hetero) is 1. The van der Waals surface area contributed by atoms with Crippen molar-refractivity contribution in [2.24, 2.45) is 0 Å². The molecule has 1 aliphatic heterocycles. The Balaban J connectivity index is 2.46. The molecule has 0 saturated carbocycles. The highest BCUT2D eigenvalue weighted by atomic mass is 31.2. The summed E-state index contributed by atoms with van der Waals surface area (Å²) < 4.78 is 19.2. The minimum atomic E-state index is -2.63. The van der Waals surface area contributed by atoms with Crippen molar-refractivity contribution in [3.63, 3.8) is 0 Å². The lowest BCUT2D eigenvalue weighted by Gasteiger charge is -2.30. The van der Waals surface area contributed by atoms with Crippen LogP contribution in [0.4, 0.5) is 0 Å². The molecule has 0 N–H and O–H groups in total. The molecule has 14 heavy (non-hydrogen) atoms. The van der Waals surface area contributed by atoms with E-state index in [-0.39, 0.29) is 5.78 Å². The van der Waals surface area contributed by atoms with E-state index in [1.807, 2.05) is 11.6 Å². The Morgan fingerprint density at radius 3 is 2.50 bits per heavy atom. The van der Waals surface area contributed by atoms with Gasteiger partial charge in [-0.15, -0.1) is 0 Å². The first-order valence-electron chi connectivity index (χ1n) is 5.05. The molecule has 1 fully saturated rings. The van der Waals surface area contributed by atoms with Crippen molar-refractivity contribution >= 4 is 13.3 Å². The smallest absolute Gasteiger partial charge is 0.269 e. The van der Waals surface area contributed by atoms with Gasteiger partial charge < -0.3 is 4.52 Å². The molecule has 1 heterocycles. The Labute approximate surface area is 85.1 Å². The molecule has 0 aromatic carbocycles. The number of hydrogen-bond donors (Lipinski definition) is 0. The van der Waals surface area contributed by atoms with Gasteiger partial charge in [0.2, 0.25) is 0 Å². The maximum atomic E-state index is 12.0. The summed E-state index contributed by atoms with van der Waals surface area (Å²) in [5, 5.41) is 0. The highest BCUT2D eigenvalue weighted by Crippen LogP contribution is 2.47. The average molecular weight is 219 g/mol. The number of ketones is 1. The normalized spacial score (nSPS) is 23.4. The molecular formula is C9H18NO3P. The van der Waals surface area contributed by atoms with Crippen LogP contribution in [-0.4, -0.2) is 36.8 Å². The molecule has 0 aromatic rings. The van der Waals surface area contributed by atoms with Crippen molar-refractivity contribution in [2.75, 3.05) is 26.4 Å². The van der Waals surface area contributed by atoms with E-state index < -0.39 is 7.52 Å². The summed E-state index contributed by atoms with van der Waals surface area (Å²) in [5.74, 6) is 0.261. The van der Waals surface area contributed by atoms with Crippen LogP contribution in [0.2, 0.25) is 0 Å². The van der Waals surface area contributed by atoms with E-state index in [9.17, 15) is 9.36 Å². The minimum Gasteiger partial charge on any atom is -0.318 e. The fraction of sp³-hybridized carbons (Fsp3) is 0.889. The Kier molecular flexibility index (Phi) is 4.30. The Morgan fingerprint density at radius 2 is 2.00 bits per heavy atom. The van der Waals surface area contributed by atoms with E-state index in [2.05, 4.69) is 0 Å². The molecule has 0 spiro atoms. The van der Waals surface area contributed by atoms with Gasteiger partial charge in [-0.05, 0) is 6.42 Å². The average Bonchev–Trinajstić information content (AvgIpc) is 2.16. The second-order valence-corrected chi connectivity index (χ2v) is 6.06. The fourth-order valence-electron chi connectivity index (χ4n) is 1.45. The summed E-state index contributed by atoms with van der Waals surface area (Å²) in [6.45, 7) is 5.31. The third kappa shape index (κ3) is 3.19. The Morgan fingerprint density at radius 1 is 1.43 bits per heavy atom. The van der Waals surface area contributed by atoms with Crippen LogP contribution >= 0.6 is 7.52 Å². The van der Waals surface area contributed by atoms with Gasteiger partial charge in [0.15, 0.2) is 0 Å². The SMILES string of the molecule is CCCOP(C)(=O)N1CCC(=O)CC1. The molecule has 0 bridgehead atoms. The van der Waals surface area contributed by atoms with Crippen LogP contribution in [-0.2, 0) is 13.9 Å². The molecule has 0 aromatic heterocycles. The first-order valence-corrected chi connectivity index (χ1v) is 7.08. The predicted octanol–water partition coefficient (Wildman–Crippen LogP) is 1.90. The maximum Gasteiger partial charge on any atom is 0.269 e. The van der Waals surface area contributed by atoms with E-state index in [0.717, 1.165) is 6.42 Å². The second kappa shape index (κ2) is 5.06. The first-order chi connectivity index (χ1) is 6.56. The van der Waals surface area contributed by atoms with Crippen molar-refractivity contribution in [1.82, 2.24) is 4.67 Å². The van der Waals surface area contributed by atoms with Crippen LogP contribution in [0.3, 0.4) is 0 Å². The van der Waals surface area contributed by atoms with Crippen molar-refractivity contribution in [2.45, 2.75) is 26.2 Å². The van der Waals surface area contributed by atoms with Crippen LogP contribution in [0.25, 0.3) is 0 Å². The van der Waals surface area contributed by atoms with Crippen molar-refractivity contribution in [3.8, 4) is 0 Å². The lowest BCUT2D eigenvalue weighted by atomic mass is 10.1. The lowest BCUT2D eigenvalue weighted by Crippen LogP contribution is -2.31. The van der Waals surface area contributed by atoms with E-state index >= 15 is 0 Å². The van der Waals surface area contributed by atoms with Crippen LogP contribution in [0.15, 0.2) is 0 Å². The first kappa shape index (κ1) is 11.9. The summed E-state index contributed by atoms with van der Waals surface area (Å²) in [6, 6.07) is 0. The Bertz CT molecular complexity index is 244. The van der Waals surface area contributed by atoms with Crippen molar-refractivity contribution in [1.29, 1.82) is 0 Å². The molecule has 1 aliphatic rings. The van der Waals surface area contributed by atoms with E-state index in [0.29, 0.717) is 32.5 Å². The van der Waals surface area contributed by atoms with Crippen LogP contribution in [0.1, 0.15) is 26.2 Å². The van der Waals surface area contributed by atoms with Crippen molar-refractivity contribution in [3.05, 3.63) is 0 Å². The summed E-state index contributed by atoms with van der Waals surface area (Å²) in [6.07, 6.45) is 1.88. The predicted molar refractivity (Wildman–Crippen MR) is 55.6 cm³/mol. The molecular weight excluding hydrogens is 201 g/mol. The molecule has 0 amide bonds. The summed E-state index contributed by atoms with van der Waals surface area (Å²) >= 11 is 0. The number of hydrogen-bond acceptors (Lipinski definition) is 3. The number of carbonyl (C=O) groups excluding carboxylic acids is 1. The largest absolute Gasteiger partial charge is 0.318 e. The van der Waals surface area contributed by atoms with Gasteiger partial charge in [0.05, 0.1) is 6.61 Å². The van der Waals surface area contributed by atoms with Gasteiger partial charge in [0.25, 0.3) is 7.52 Å². The highest BCUT2D eigenvalue weighted by Gasteiger charge is 2.29. The summed E-state index contributed by atoms with van der Waals surface area (Å²) in [7, 11) is -2.63. The third-order valence-corrected chi connectivity index (χ3v) is 4.44. The summed E-state index contributed by atoms with van der Waals surface area (Å²) in [5.41, 5.74) is 0. The molecule has 1 rings (SSSR count). The quantitative estimate of drug-likeness (QED) is 0.677. The number of piperidine rings is 1. The molecule has 1 atom stereocenters. The summed E-state index contributed by atoms with van der Waals surface area (Å²) in [4.78, 5) is 11.0.